The predicted molar refractivity (Wildman–Crippen MR) is 78.0 cm³/mol. The van der Waals surface area contributed by atoms with Crippen LogP contribution >= 0.6 is 0 Å². The molecule has 1 saturated heterocycles. The lowest BCUT2D eigenvalue weighted by Gasteiger charge is -2.15. The van der Waals surface area contributed by atoms with Gasteiger partial charge in [-0.2, -0.15) is 5.26 Å². The van der Waals surface area contributed by atoms with Gasteiger partial charge >= 0.3 is 0 Å². The second-order valence-corrected chi connectivity index (χ2v) is 7.78. The Hall–Kier alpha value is -1.38. The van der Waals surface area contributed by atoms with Crippen LogP contribution in [0.15, 0.2) is 29.2 Å². The van der Waals surface area contributed by atoms with Gasteiger partial charge in [0.05, 0.1) is 22.3 Å². The Bertz CT molecular complexity index is 609. The molecule has 1 fully saturated rings. The molecule has 5 heteroatoms. The van der Waals surface area contributed by atoms with E-state index in [1.807, 2.05) is 6.07 Å². The van der Waals surface area contributed by atoms with Crippen molar-refractivity contribution < 1.29 is 8.42 Å². The Kier molecular flexibility index (Phi) is 4.46. The highest BCUT2D eigenvalue weighted by Crippen LogP contribution is 2.22. The van der Waals surface area contributed by atoms with E-state index in [4.69, 9.17) is 5.26 Å². The zero-order valence-corrected chi connectivity index (χ0v) is 12.7. The Balaban J connectivity index is 2.03. The van der Waals surface area contributed by atoms with Gasteiger partial charge in [0.25, 0.3) is 0 Å². The highest BCUT2D eigenvalue weighted by molar-refractivity contribution is 7.91. The molecule has 1 aromatic carbocycles. The maximum Gasteiger partial charge on any atom is 0.179 e. The molecular formula is C15H20N2O2S. The lowest BCUT2D eigenvalue weighted by molar-refractivity contribution is 0.343. The first-order chi connectivity index (χ1) is 9.42. The smallest absolute Gasteiger partial charge is 0.179 e. The summed E-state index contributed by atoms with van der Waals surface area (Å²) in [6, 6.07) is 8.21. The molecule has 108 valence electrons. The molecule has 1 aliphatic rings. The highest BCUT2D eigenvalue weighted by atomic mass is 32.2. The minimum Gasteiger partial charge on any atom is -0.302 e. The summed E-state index contributed by atoms with van der Waals surface area (Å²) >= 11 is 0. The van der Waals surface area contributed by atoms with Gasteiger partial charge in [-0.1, -0.05) is 19.9 Å². The van der Waals surface area contributed by atoms with Gasteiger partial charge in [0.1, 0.15) is 0 Å². The Morgan fingerprint density at radius 2 is 1.95 bits per heavy atom. The van der Waals surface area contributed by atoms with Gasteiger partial charge in [0.15, 0.2) is 9.84 Å². The van der Waals surface area contributed by atoms with Crippen molar-refractivity contribution in [3.8, 4) is 6.07 Å². The number of nitrogens with zero attached hydrogens (tertiary/aromatic N) is 2. The van der Waals surface area contributed by atoms with Crippen LogP contribution in [0.3, 0.4) is 0 Å². The van der Waals surface area contributed by atoms with Gasteiger partial charge in [-0.15, -0.1) is 0 Å². The van der Waals surface area contributed by atoms with Gasteiger partial charge in [-0.25, -0.2) is 8.42 Å². The van der Waals surface area contributed by atoms with Gasteiger partial charge in [-0.05, 0) is 30.0 Å². The minimum absolute atomic E-state index is 0.112. The van der Waals surface area contributed by atoms with Crippen LogP contribution in [-0.4, -0.2) is 38.7 Å². The number of sulfone groups is 1. The monoisotopic (exact) mass is 292 g/mol. The molecule has 0 spiro atoms. The summed E-state index contributed by atoms with van der Waals surface area (Å²) in [4.78, 5) is 2.46. The molecule has 2 unspecified atom stereocenters. The average Bonchev–Trinajstić information content (AvgIpc) is 2.76. The summed E-state index contributed by atoms with van der Waals surface area (Å²) in [5.41, 5.74) is 0.384. The van der Waals surface area contributed by atoms with Crippen molar-refractivity contribution in [3.05, 3.63) is 29.8 Å². The summed E-state index contributed by atoms with van der Waals surface area (Å²) in [5, 5.41) is 8.84. The largest absolute Gasteiger partial charge is 0.302 e. The summed E-state index contributed by atoms with van der Waals surface area (Å²) < 4.78 is 24.6. The molecule has 0 radical (unpaired) electrons. The Morgan fingerprint density at radius 1 is 1.30 bits per heavy atom. The van der Waals surface area contributed by atoms with Crippen molar-refractivity contribution in [1.82, 2.24) is 4.90 Å². The molecule has 20 heavy (non-hydrogen) atoms. The van der Waals surface area contributed by atoms with Gasteiger partial charge in [0.2, 0.25) is 0 Å². The van der Waals surface area contributed by atoms with Gasteiger partial charge in [0, 0.05) is 19.6 Å². The molecule has 0 bridgehead atoms. The molecule has 2 atom stereocenters. The lowest BCUT2D eigenvalue weighted by Crippen LogP contribution is -2.27. The zero-order chi connectivity index (χ0) is 14.8. The topological polar surface area (TPSA) is 61.2 Å². The standard InChI is InChI=1S/C15H20N2O2S/c1-12-10-17(11-13(12)2)6-7-20(18,19)15-5-3-4-14(8-15)9-16/h3-5,8,12-13H,6-7,10-11H2,1-2H3. The predicted octanol–water partition coefficient (Wildman–Crippen LogP) is 1.92. The van der Waals surface area contributed by atoms with Crippen LogP contribution in [-0.2, 0) is 9.84 Å². The fraction of sp³-hybridized carbons (Fsp3) is 0.533. The molecule has 1 aliphatic heterocycles. The first-order valence-corrected chi connectivity index (χ1v) is 8.53. The molecule has 0 aliphatic carbocycles. The molecule has 0 saturated carbocycles. The number of rotatable bonds is 4. The molecule has 0 N–H and O–H groups in total. The van der Waals surface area contributed by atoms with Crippen molar-refractivity contribution in [2.45, 2.75) is 18.7 Å². The summed E-state index contributed by atoms with van der Waals surface area (Å²) in [7, 11) is -3.31. The lowest BCUT2D eigenvalue weighted by atomic mass is 10.0. The van der Waals surface area contributed by atoms with Crippen LogP contribution in [0.5, 0.6) is 0 Å². The third-order valence-corrected chi connectivity index (χ3v) is 5.75. The van der Waals surface area contributed by atoms with Crippen molar-refractivity contribution in [2.24, 2.45) is 11.8 Å². The van der Waals surface area contributed by atoms with Crippen LogP contribution < -0.4 is 0 Å². The van der Waals surface area contributed by atoms with Crippen molar-refractivity contribution in [3.63, 3.8) is 0 Å². The number of hydrogen-bond acceptors (Lipinski definition) is 4. The third-order valence-electron chi connectivity index (χ3n) is 4.06. The van der Waals surface area contributed by atoms with Crippen molar-refractivity contribution in [1.29, 1.82) is 5.26 Å². The van der Waals surface area contributed by atoms with E-state index in [0.29, 0.717) is 23.9 Å². The fourth-order valence-electron chi connectivity index (χ4n) is 2.56. The Morgan fingerprint density at radius 3 is 2.55 bits per heavy atom. The third kappa shape index (κ3) is 3.38. The second-order valence-electron chi connectivity index (χ2n) is 5.67. The number of nitriles is 1. The van der Waals surface area contributed by atoms with Crippen LogP contribution in [0.1, 0.15) is 19.4 Å². The number of likely N-dealkylation sites (tertiary alicyclic amines) is 1. The van der Waals surface area contributed by atoms with E-state index in [0.717, 1.165) is 13.1 Å². The van der Waals surface area contributed by atoms with E-state index in [2.05, 4.69) is 18.7 Å². The second kappa shape index (κ2) is 5.94. The number of hydrogen-bond donors (Lipinski definition) is 0. The van der Waals surface area contributed by atoms with Crippen LogP contribution in [0.2, 0.25) is 0 Å². The summed E-state index contributed by atoms with van der Waals surface area (Å²) in [5.74, 6) is 1.36. The summed E-state index contributed by atoms with van der Waals surface area (Å²) in [6.07, 6.45) is 0. The molecule has 2 rings (SSSR count). The molecule has 4 nitrogen and oxygen atoms in total. The van der Waals surface area contributed by atoms with E-state index >= 15 is 0 Å². The normalized spacial score (nSPS) is 23.6. The highest BCUT2D eigenvalue weighted by Gasteiger charge is 2.27. The molecule has 1 heterocycles. The van der Waals surface area contributed by atoms with Crippen LogP contribution in [0.4, 0.5) is 0 Å². The van der Waals surface area contributed by atoms with E-state index in [-0.39, 0.29) is 10.6 Å². The first kappa shape index (κ1) is 15.0. The van der Waals surface area contributed by atoms with Gasteiger partial charge < -0.3 is 4.90 Å². The summed E-state index contributed by atoms with van der Waals surface area (Å²) in [6.45, 7) is 6.91. The molecule has 0 amide bonds. The van der Waals surface area contributed by atoms with E-state index < -0.39 is 9.84 Å². The fourth-order valence-corrected chi connectivity index (χ4v) is 3.88. The van der Waals surface area contributed by atoms with E-state index in [1.54, 1.807) is 18.2 Å². The first-order valence-electron chi connectivity index (χ1n) is 6.87. The van der Waals surface area contributed by atoms with Crippen LogP contribution in [0, 0.1) is 23.2 Å². The van der Waals surface area contributed by atoms with E-state index in [1.165, 1.54) is 6.07 Å². The van der Waals surface area contributed by atoms with Crippen molar-refractivity contribution in [2.75, 3.05) is 25.4 Å². The van der Waals surface area contributed by atoms with E-state index in [9.17, 15) is 8.42 Å². The molecule has 1 aromatic rings. The SMILES string of the molecule is CC1CN(CCS(=O)(=O)c2cccc(C#N)c2)CC1C. The van der Waals surface area contributed by atoms with Crippen LogP contribution in [0.25, 0.3) is 0 Å². The molecular weight excluding hydrogens is 272 g/mol. The minimum atomic E-state index is -3.31. The number of benzene rings is 1. The van der Waals surface area contributed by atoms with Gasteiger partial charge in [-0.3, -0.25) is 0 Å². The molecule has 0 aromatic heterocycles. The quantitative estimate of drug-likeness (QED) is 0.850. The Labute approximate surface area is 120 Å². The maximum absolute atomic E-state index is 12.3. The zero-order valence-electron chi connectivity index (χ0n) is 11.9. The average molecular weight is 292 g/mol. The van der Waals surface area contributed by atoms with Crippen molar-refractivity contribution >= 4 is 9.84 Å². The maximum atomic E-state index is 12.3.